The number of carbonyl (C=O) groups excluding carboxylic acids is 1. The van der Waals surface area contributed by atoms with Gasteiger partial charge in [0.2, 0.25) is 0 Å². The van der Waals surface area contributed by atoms with E-state index in [4.69, 9.17) is 9.52 Å². The van der Waals surface area contributed by atoms with Gasteiger partial charge >= 0.3 is 0 Å². The molecule has 1 amide bonds. The fourth-order valence-electron chi connectivity index (χ4n) is 1.50. The zero-order valence-corrected chi connectivity index (χ0v) is 9.96. The van der Waals surface area contributed by atoms with Crippen LogP contribution in [0.25, 0.3) is 11.3 Å². The van der Waals surface area contributed by atoms with Crippen LogP contribution in [0.4, 0.5) is 0 Å². The molecule has 2 rings (SSSR count). The summed E-state index contributed by atoms with van der Waals surface area (Å²) >= 11 is 0. The van der Waals surface area contributed by atoms with Gasteiger partial charge in [0.1, 0.15) is 0 Å². The van der Waals surface area contributed by atoms with Crippen molar-refractivity contribution in [1.29, 1.82) is 0 Å². The molecule has 0 fully saturated rings. The lowest BCUT2D eigenvalue weighted by Gasteiger charge is -2.10. The van der Waals surface area contributed by atoms with Gasteiger partial charge in [-0.3, -0.25) is 4.79 Å². The third-order valence-electron chi connectivity index (χ3n) is 2.52. The van der Waals surface area contributed by atoms with Crippen LogP contribution in [0.15, 0.2) is 41.3 Å². The first-order valence-corrected chi connectivity index (χ1v) is 5.61. The molecule has 0 saturated carbocycles. The lowest BCUT2D eigenvalue weighted by atomic mass is 10.1. The molecule has 1 atom stereocenters. The maximum atomic E-state index is 11.8. The molecule has 0 saturated heterocycles. The molecule has 1 unspecified atom stereocenters. The molecule has 5 nitrogen and oxygen atoms in total. The van der Waals surface area contributed by atoms with Crippen LogP contribution in [0.3, 0.4) is 0 Å². The number of hydrogen-bond donors (Lipinski definition) is 2. The van der Waals surface area contributed by atoms with Crippen molar-refractivity contribution in [2.24, 2.45) is 0 Å². The van der Waals surface area contributed by atoms with Crippen molar-refractivity contribution in [3.63, 3.8) is 0 Å². The Morgan fingerprint density at radius 1 is 1.44 bits per heavy atom. The molecule has 0 aliphatic rings. The molecule has 5 heteroatoms. The summed E-state index contributed by atoms with van der Waals surface area (Å²) in [5.41, 5.74) is 1.40. The van der Waals surface area contributed by atoms with E-state index in [0.29, 0.717) is 11.3 Å². The monoisotopic (exact) mass is 246 g/mol. The van der Waals surface area contributed by atoms with E-state index in [9.17, 15) is 4.79 Å². The predicted molar refractivity (Wildman–Crippen MR) is 66.0 cm³/mol. The lowest BCUT2D eigenvalue weighted by molar-refractivity contribution is 0.0922. The Kier molecular flexibility index (Phi) is 3.74. The molecule has 1 aromatic carbocycles. The van der Waals surface area contributed by atoms with Crippen LogP contribution < -0.4 is 5.32 Å². The number of aliphatic hydroxyl groups excluding tert-OH is 1. The maximum absolute atomic E-state index is 11.8. The average Bonchev–Trinajstić information content (AvgIpc) is 2.92. The Hall–Kier alpha value is -2.14. The van der Waals surface area contributed by atoms with Crippen LogP contribution in [0, 0.1) is 0 Å². The molecule has 0 aliphatic carbocycles. The fourth-order valence-corrected chi connectivity index (χ4v) is 1.50. The van der Waals surface area contributed by atoms with Gasteiger partial charge in [0.05, 0.1) is 12.8 Å². The second-order valence-electron chi connectivity index (χ2n) is 4.00. The number of aliphatic hydroxyl groups is 1. The molecule has 0 aliphatic heterocycles. The minimum atomic E-state index is -0.258. The highest BCUT2D eigenvalue weighted by atomic mass is 16.3. The summed E-state index contributed by atoms with van der Waals surface area (Å²) in [6, 6.07) is 6.73. The summed E-state index contributed by atoms with van der Waals surface area (Å²) in [4.78, 5) is 15.6. The van der Waals surface area contributed by atoms with E-state index in [0.717, 1.165) is 5.56 Å². The minimum absolute atomic E-state index is 0.0815. The third-order valence-corrected chi connectivity index (χ3v) is 2.52. The van der Waals surface area contributed by atoms with Gasteiger partial charge in [0.25, 0.3) is 5.91 Å². The van der Waals surface area contributed by atoms with E-state index in [1.807, 2.05) is 0 Å². The first-order valence-electron chi connectivity index (χ1n) is 5.61. The van der Waals surface area contributed by atoms with Gasteiger partial charge < -0.3 is 14.8 Å². The second kappa shape index (κ2) is 5.46. The Morgan fingerprint density at radius 2 is 2.17 bits per heavy atom. The van der Waals surface area contributed by atoms with Gasteiger partial charge in [-0.15, -0.1) is 0 Å². The van der Waals surface area contributed by atoms with Gasteiger partial charge in [-0.2, -0.15) is 0 Å². The van der Waals surface area contributed by atoms with Crippen LogP contribution in [0.1, 0.15) is 17.3 Å². The SMILES string of the molecule is CC(CO)NC(=O)c1ccc(-c2cnco2)cc1. The number of oxazole rings is 1. The minimum Gasteiger partial charge on any atom is -0.444 e. The highest BCUT2D eigenvalue weighted by Gasteiger charge is 2.09. The van der Waals surface area contributed by atoms with Gasteiger partial charge in [0.15, 0.2) is 12.2 Å². The Morgan fingerprint density at radius 3 is 2.72 bits per heavy atom. The number of aromatic nitrogens is 1. The summed E-state index contributed by atoms with van der Waals surface area (Å²) in [6.07, 6.45) is 2.97. The van der Waals surface area contributed by atoms with E-state index < -0.39 is 0 Å². The van der Waals surface area contributed by atoms with Crippen molar-refractivity contribution in [2.75, 3.05) is 6.61 Å². The first-order chi connectivity index (χ1) is 8.70. The number of hydrogen-bond acceptors (Lipinski definition) is 4. The van der Waals surface area contributed by atoms with Gasteiger partial charge in [-0.05, 0) is 19.1 Å². The topological polar surface area (TPSA) is 75.4 Å². The Labute approximate surface area is 104 Å². The molecule has 18 heavy (non-hydrogen) atoms. The van der Waals surface area contributed by atoms with E-state index in [1.165, 1.54) is 6.39 Å². The molecule has 1 aromatic heterocycles. The summed E-state index contributed by atoms with van der Waals surface area (Å²) in [7, 11) is 0. The molecule has 0 spiro atoms. The van der Waals surface area contributed by atoms with Crippen LogP contribution >= 0.6 is 0 Å². The first kappa shape index (κ1) is 12.3. The smallest absolute Gasteiger partial charge is 0.251 e. The zero-order valence-electron chi connectivity index (χ0n) is 9.96. The van der Waals surface area contributed by atoms with Crippen LogP contribution in [0.2, 0.25) is 0 Å². The molecule has 2 N–H and O–H groups in total. The highest BCUT2D eigenvalue weighted by Crippen LogP contribution is 2.18. The standard InChI is InChI=1S/C13H14N2O3/c1-9(7-16)15-13(17)11-4-2-10(3-5-11)12-6-14-8-18-12/h2-6,8-9,16H,7H2,1H3,(H,15,17). The highest BCUT2D eigenvalue weighted by molar-refractivity contribution is 5.94. The largest absolute Gasteiger partial charge is 0.444 e. The third kappa shape index (κ3) is 2.75. The number of nitrogens with one attached hydrogen (secondary N) is 1. The number of carbonyl (C=O) groups is 1. The fraction of sp³-hybridized carbons (Fsp3) is 0.231. The molecule has 2 aromatic rings. The molecule has 1 heterocycles. The van der Waals surface area contributed by atoms with Crippen molar-refractivity contribution in [3.8, 4) is 11.3 Å². The Bertz CT molecular complexity index is 506. The van der Waals surface area contributed by atoms with Crippen molar-refractivity contribution in [1.82, 2.24) is 10.3 Å². The number of amides is 1. The van der Waals surface area contributed by atoms with Crippen LogP contribution in [-0.2, 0) is 0 Å². The molecular formula is C13H14N2O3. The van der Waals surface area contributed by atoms with Crippen molar-refractivity contribution in [3.05, 3.63) is 42.4 Å². The molecule has 0 bridgehead atoms. The summed E-state index contributed by atoms with van der Waals surface area (Å²) in [5, 5.41) is 11.5. The van der Waals surface area contributed by atoms with E-state index >= 15 is 0 Å². The van der Waals surface area contributed by atoms with E-state index in [1.54, 1.807) is 37.4 Å². The summed E-state index contributed by atoms with van der Waals surface area (Å²) < 4.78 is 5.16. The van der Waals surface area contributed by atoms with Crippen molar-refractivity contribution in [2.45, 2.75) is 13.0 Å². The Balaban J connectivity index is 2.10. The van der Waals surface area contributed by atoms with E-state index in [2.05, 4.69) is 10.3 Å². The number of benzene rings is 1. The average molecular weight is 246 g/mol. The van der Waals surface area contributed by atoms with Crippen LogP contribution in [0.5, 0.6) is 0 Å². The zero-order chi connectivity index (χ0) is 13.0. The molecular weight excluding hydrogens is 232 g/mol. The van der Waals surface area contributed by atoms with Gasteiger partial charge in [-0.25, -0.2) is 4.98 Å². The van der Waals surface area contributed by atoms with Gasteiger partial charge in [0, 0.05) is 17.2 Å². The van der Waals surface area contributed by atoms with Crippen molar-refractivity contribution >= 4 is 5.91 Å². The lowest BCUT2D eigenvalue weighted by Crippen LogP contribution is -2.34. The normalized spacial score (nSPS) is 12.1. The molecule has 94 valence electrons. The molecule has 0 radical (unpaired) electrons. The summed E-state index contributed by atoms with van der Waals surface area (Å²) in [6.45, 7) is 1.66. The predicted octanol–water partition coefficient (Wildman–Crippen LogP) is 1.45. The van der Waals surface area contributed by atoms with Crippen molar-refractivity contribution < 1.29 is 14.3 Å². The summed E-state index contributed by atoms with van der Waals surface area (Å²) in [5.74, 6) is 0.450. The second-order valence-corrected chi connectivity index (χ2v) is 4.00. The quantitative estimate of drug-likeness (QED) is 0.856. The van der Waals surface area contributed by atoms with Gasteiger partial charge in [-0.1, -0.05) is 12.1 Å². The maximum Gasteiger partial charge on any atom is 0.251 e. The number of rotatable bonds is 4. The van der Waals surface area contributed by atoms with Crippen LogP contribution in [-0.4, -0.2) is 28.6 Å². The number of nitrogens with zero attached hydrogens (tertiary/aromatic N) is 1. The van der Waals surface area contributed by atoms with E-state index in [-0.39, 0.29) is 18.6 Å².